The van der Waals surface area contributed by atoms with Gasteiger partial charge >= 0.3 is 0 Å². The summed E-state index contributed by atoms with van der Waals surface area (Å²) in [5.41, 5.74) is 3.22. The number of para-hydroxylation sites is 1. The van der Waals surface area contributed by atoms with Gasteiger partial charge in [-0.2, -0.15) is 0 Å². The number of hydrogen-bond acceptors (Lipinski definition) is 5. The number of nitrogens with zero attached hydrogens (tertiary/aromatic N) is 5. The number of rotatable bonds is 8. The van der Waals surface area contributed by atoms with E-state index in [4.69, 9.17) is 0 Å². The lowest BCUT2D eigenvalue weighted by molar-refractivity contribution is -0.144. The van der Waals surface area contributed by atoms with Crippen molar-refractivity contribution < 1.29 is 9.59 Å². The van der Waals surface area contributed by atoms with Gasteiger partial charge in [-0.25, -0.2) is 0 Å². The molecular weight excluding hydrogens is 470 g/mol. The second-order valence-electron chi connectivity index (χ2n) is 9.62. The van der Waals surface area contributed by atoms with E-state index in [9.17, 15) is 9.59 Å². The first-order valence-corrected chi connectivity index (χ1v) is 13.6. The molecular formula is C28H35N5O2S. The van der Waals surface area contributed by atoms with E-state index >= 15 is 0 Å². The summed E-state index contributed by atoms with van der Waals surface area (Å²) in [6, 6.07) is 18.4. The zero-order chi connectivity index (χ0) is 25.7. The van der Waals surface area contributed by atoms with Gasteiger partial charge in [0.2, 0.25) is 11.8 Å². The van der Waals surface area contributed by atoms with E-state index in [1.54, 1.807) is 11.8 Å². The molecule has 3 aromatic rings. The number of aryl methyl sites for hydroxylation is 1. The molecule has 8 heteroatoms. The molecule has 0 N–H and O–H groups in total. The molecule has 2 heterocycles. The number of amides is 2. The molecule has 7 nitrogen and oxygen atoms in total. The summed E-state index contributed by atoms with van der Waals surface area (Å²) in [6.45, 7) is 9.79. The lowest BCUT2D eigenvalue weighted by Crippen LogP contribution is -2.56. The Labute approximate surface area is 217 Å². The van der Waals surface area contributed by atoms with Crippen molar-refractivity contribution in [2.24, 2.45) is 5.92 Å². The first kappa shape index (κ1) is 25.9. The third-order valence-corrected chi connectivity index (χ3v) is 7.56. The van der Waals surface area contributed by atoms with Crippen LogP contribution in [-0.4, -0.2) is 67.8 Å². The van der Waals surface area contributed by atoms with E-state index in [-0.39, 0.29) is 23.8 Å². The lowest BCUT2D eigenvalue weighted by Gasteiger charge is -2.40. The van der Waals surface area contributed by atoms with E-state index < -0.39 is 0 Å². The Kier molecular flexibility index (Phi) is 8.46. The van der Waals surface area contributed by atoms with Gasteiger partial charge in [0, 0.05) is 49.3 Å². The van der Waals surface area contributed by atoms with Crippen molar-refractivity contribution in [1.82, 2.24) is 24.6 Å². The van der Waals surface area contributed by atoms with Gasteiger partial charge in [0.15, 0.2) is 11.0 Å². The average molecular weight is 506 g/mol. The van der Waals surface area contributed by atoms with Crippen molar-refractivity contribution in [3.05, 3.63) is 60.2 Å². The van der Waals surface area contributed by atoms with Gasteiger partial charge in [0.25, 0.3) is 0 Å². The van der Waals surface area contributed by atoms with Crippen LogP contribution in [0.15, 0.2) is 59.8 Å². The molecule has 36 heavy (non-hydrogen) atoms. The SMILES string of the molecule is Cc1ccccc1-n1c(SCCCC(=O)N2CCN(C(=O)C(C)C)C(C)C2)nnc1-c1ccccc1. The molecule has 1 atom stereocenters. The van der Waals surface area contributed by atoms with E-state index in [1.807, 2.05) is 73.0 Å². The van der Waals surface area contributed by atoms with E-state index in [0.717, 1.165) is 40.0 Å². The topological polar surface area (TPSA) is 71.3 Å². The molecule has 0 bridgehead atoms. The highest BCUT2D eigenvalue weighted by Crippen LogP contribution is 2.30. The molecule has 0 radical (unpaired) electrons. The number of carbonyl (C=O) groups is 2. The first-order chi connectivity index (χ1) is 17.4. The summed E-state index contributed by atoms with van der Waals surface area (Å²) >= 11 is 1.63. The molecule has 0 aliphatic carbocycles. The van der Waals surface area contributed by atoms with Gasteiger partial charge in [-0.1, -0.05) is 74.1 Å². The van der Waals surface area contributed by atoms with Crippen LogP contribution in [0, 0.1) is 12.8 Å². The number of thioether (sulfide) groups is 1. The minimum Gasteiger partial charge on any atom is -0.339 e. The summed E-state index contributed by atoms with van der Waals surface area (Å²) in [6.07, 6.45) is 1.24. The zero-order valence-corrected chi connectivity index (χ0v) is 22.4. The second-order valence-corrected chi connectivity index (χ2v) is 10.7. The Morgan fingerprint density at radius 1 is 1.03 bits per heavy atom. The molecule has 2 amide bonds. The highest BCUT2D eigenvalue weighted by molar-refractivity contribution is 7.99. The molecule has 1 aliphatic heterocycles. The summed E-state index contributed by atoms with van der Waals surface area (Å²) in [7, 11) is 0. The van der Waals surface area contributed by atoms with E-state index in [2.05, 4.69) is 33.8 Å². The highest BCUT2D eigenvalue weighted by Gasteiger charge is 2.30. The number of hydrogen-bond donors (Lipinski definition) is 0. The minimum absolute atomic E-state index is 0.0177. The molecule has 1 fully saturated rings. The molecule has 190 valence electrons. The fourth-order valence-corrected chi connectivity index (χ4v) is 5.44. The highest BCUT2D eigenvalue weighted by atomic mass is 32.2. The Morgan fingerprint density at radius 3 is 2.44 bits per heavy atom. The van der Waals surface area contributed by atoms with E-state index in [0.29, 0.717) is 26.1 Å². The lowest BCUT2D eigenvalue weighted by atomic mass is 10.1. The van der Waals surface area contributed by atoms with Crippen molar-refractivity contribution in [3.63, 3.8) is 0 Å². The normalized spacial score (nSPS) is 16.0. The van der Waals surface area contributed by atoms with Crippen molar-refractivity contribution in [3.8, 4) is 17.1 Å². The Bertz CT molecular complexity index is 1190. The van der Waals surface area contributed by atoms with Crippen LogP contribution in [0.3, 0.4) is 0 Å². The van der Waals surface area contributed by atoms with Crippen LogP contribution in [-0.2, 0) is 9.59 Å². The maximum absolute atomic E-state index is 12.9. The fraction of sp³-hybridized carbons (Fsp3) is 0.429. The van der Waals surface area contributed by atoms with E-state index in [1.165, 1.54) is 0 Å². The van der Waals surface area contributed by atoms with Crippen LogP contribution in [0.4, 0.5) is 0 Å². The predicted molar refractivity (Wildman–Crippen MR) is 144 cm³/mol. The van der Waals surface area contributed by atoms with Gasteiger partial charge < -0.3 is 9.80 Å². The molecule has 1 saturated heterocycles. The molecule has 2 aromatic carbocycles. The Morgan fingerprint density at radius 2 is 1.75 bits per heavy atom. The third-order valence-electron chi connectivity index (χ3n) is 6.55. The summed E-state index contributed by atoms with van der Waals surface area (Å²) in [4.78, 5) is 29.1. The molecule has 1 unspecified atom stereocenters. The Hall–Kier alpha value is -3.13. The van der Waals surface area contributed by atoms with Crippen LogP contribution in [0.1, 0.15) is 39.2 Å². The molecule has 1 aliphatic rings. The molecule has 0 spiro atoms. The smallest absolute Gasteiger partial charge is 0.225 e. The number of carbonyl (C=O) groups excluding carboxylic acids is 2. The van der Waals surface area contributed by atoms with Gasteiger partial charge in [-0.05, 0) is 31.9 Å². The number of piperazine rings is 1. The van der Waals surface area contributed by atoms with Crippen LogP contribution in [0.25, 0.3) is 17.1 Å². The Balaban J connectivity index is 1.38. The largest absolute Gasteiger partial charge is 0.339 e. The summed E-state index contributed by atoms with van der Waals surface area (Å²) in [5.74, 6) is 1.89. The van der Waals surface area contributed by atoms with Gasteiger partial charge in [-0.3, -0.25) is 14.2 Å². The summed E-state index contributed by atoms with van der Waals surface area (Å²) in [5, 5.41) is 9.85. The van der Waals surface area contributed by atoms with Crippen molar-refractivity contribution in [2.45, 2.75) is 51.7 Å². The monoisotopic (exact) mass is 505 g/mol. The first-order valence-electron chi connectivity index (χ1n) is 12.6. The predicted octanol–water partition coefficient (Wildman–Crippen LogP) is 4.83. The average Bonchev–Trinajstić information content (AvgIpc) is 3.30. The van der Waals surface area contributed by atoms with Crippen molar-refractivity contribution in [1.29, 1.82) is 0 Å². The van der Waals surface area contributed by atoms with Gasteiger partial charge in [0.05, 0.1) is 5.69 Å². The molecule has 1 aromatic heterocycles. The fourth-order valence-electron chi connectivity index (χ4n) is 4.56. The van der Waals surface area contributed by atoms with Gasteiger partial charge in [-0.15, -0.1) is 10.2 Å². The number of benzene rings is 2. The summed E-state index contributed by atoms with van der Waals surface area (Å²) < 4.78 is 2.11. The standard InChI is InChI=1S/C28H35N5O2S/c1-20(2)27(35)32-17-16-31(19-22(32)4)25(34)15-10-18-36-28-30-29-26(23-12-6-5-7-13-23)33(28)24-14-9-8-11-21(24)3/h5-9,11-14,20,22H,10,15-19H2,1-4H3. The third kappa shape index (κ3) is 5.81. The zero-order valence-electron chi connectivity index (χ0n) is 21.6. The molecule has 0 saturated carbocycles. The van der Waals surface area contributed by atoms with Crippen molar-refractivity contribution in [2.75, 3.05) is 25.4 Å². The molecule has 4 rings (SSSR count). The number of aromatic nitrogens is 3. The van der Waals surface area contributed by atoms with Crippen LogP contribution in [0.5, 0.6) is 0 Å². The van der Waals surface area contributed by atoms with Crippen LogP contribution in [0.2, 0.25) is 0 Å². The van der Waals surface area contributed by atoms with Crippen LogP contribution >= 0.6 is 11.8 Å². The quantitative estimate of drug-likeness (QED) is 0.324. The minimum atomic E-state index is -0.0177. The second kappa shape index (κ2) is 11.7. The maximum atomic E-state index is 12.9. The van der Waals surface area contributed by atoms with Crippen LogP contribution < -0.4 is 0 Å². The van der Waals surface area contributed by atoms with Gasteiger partial charge in [0.1, 0.15) is 0 Å². The maximum Gasteiger partial charge on any atom is 0.225 e. The van der Waals surface area contributed by atoms with Crippen molar-refractivity contribution >= 4 is 23.6 Å².